The maximum Gasteiger partial charge on any atom is 0.243 e. The number of hydrogen-bond acceptors (Lipinski definition) is 6. The predicted molar refractivity (Wildman–Crippen MR) is 148 cm³/mol. The Bertz CT molecular complexity index is 1680. The molecule has 3 aromatic carbocycles. The van der Waals surface area contributed by atoms with Gasteiger partial charge in [0.15, 0.2) is 0 Å². The summed E-state index contributed by atoms with van der Waals surface area (Å²) in [5, 5.41) is 5.81. The normalized spacial score (nSPS) is 12.4. The summed E-state index contributed by atoms with van der Waals surface area (Å²) in [4.78, 5) is 4.40. The van der Waals surface area contributed by atoms with E-state index in [4.69, 9.17) is 32.8 Å². The van der Waals surface area contributed by atoms with Crippen molar-refractivity contribution in [3.8, 4) is 0 Å². The highest BCUT2D eigenvalue weighted by Crippen LogP contribution is 2.27. The molecule has 0 spiro atoms. The fourth-order valence-electron chi connectivity index (χ4n) is 3.51. The molecule has 0 aliphatic heterocycles. The van der Waals surface area contributed by atoms with Crippen LogP contribution in [0.15, 0.2) is 98.1 Å². The lowest BCUT2D eigenvalue weighted by atomic mass is 10.2. The number of aryl methyl sites for hydroxylation is 1. The van der Waals surface area contributed by atoms with Crippen LogP contribution < -0.4 is 5.14 Å². The van der Waals surface area contributed by atoms with Gasteiger partial charge in [0, 0.05) is 6.54 Å². The van der Waals surface area contributed by atoms with Crippen molar-refractivity contribution in [2.45, 2.75) is 29.8 Å². The van der Waals surface area contributed by atoms with Crippen LogP contribution >= 0.6 is 23.2 Å². The van der Waals surface area contributed by atoms with E-state index in [9.17, 15) is 16.8 Å². The van der Waals surface area contributed by atoms with Crippen molar-refractivity contribution >= 4 is 55.2 Å². The van der Waals surface area contributed by atoms with Crippen LogP contribution in [0.1, 0.15) is 22.6 Å². The molecule has 0 saturated carbocycles. The van der Waals surface area contributed by atoms with Gasteiger partial charge in [-0.25, -0.2) is 22.0 Å². The molecule has 38 heavy (non-hydrogen) atoms. The molecular weight excluding hydrogens is 569 g/mol. The number of benzene rings is 3. The van der Waals surface area contributed by atoms with Gasteiger partial charge in [-0.2, -0.15) is 4.31 Å². The molecule has 4 aromatic rings. The van der Waals surface area contributed by atoms with Crippen molar-refractivity contribution in [1.29, 1.82) is 0 Å². The van der Waals surface area contributed by atoms with E-state index in [1.807, 2.05) is 6.92 Å². The number of sulfonamides is 2. The van der Waals surface area contributed by atoms with Crippen molar-refractivity contribution < 1.29 is 21.3 Å². The number of nitrogens with zero attached hydrogens (tertiary/aromatic N) is 2. The van der Waals surface area contributed by atoms with Crippen LogP contribution in [0.3, 0.4) is 0 Å². The van der Waals surface area contributed by atoms with E-state index in [0.29, 0.717) is 32.8 Å². The zero-order valence-corrected chi connectivity index (χ0v) is 23.2. The van der Waals surface area contributed by atoms with Gasteiger partial charge >= 0.3 is 0 Å². The maximum absolute atomic E-state index is 13.6. The van der Waals surface area contributed by atoms with Crippen molar-refractivity contribution in [3.05, 3.63) is 112 Å². The summed E-state index contributed by atoms with van der Waals surface area (Å²) in [5.74, 6) is 0.782. The van der Waals surface area contributed by atoms with Gasteiger partial charge < -0.3 is 4.42 Å². The highest BCUT2D eigenvalue weighted by Gasteiger charge is 2.26. The first-order valence-electron chi connectivity index (χ1n) is 11.2. The van der Waals surface area contributed by atoms with E-state index in [1.54, 1.807) is 54.6 Å². The minimum absolute atomic E-state index is 0.0198. The van der Waals surface area contributed by atoms with Crippen LogP contribution in [0.2, 0.25) is 10.0 Å². The number of primary sulfonamides is 1. The molecule has 0 fully saturated rings. The summed E-state index contributed by atoms with van der Waals surface area (Å²) >= 11 is 12.2. The second kappa shape index (κ2) is 11.4. The Morgan fingerprint density at radius 1 is 0.842 bits per heavy atom. The van der Waals surface area contributed by atoms with Gasteiger partial charge in [0.1, 0.15) is 11.5 Å². The molecule has 12 heteroatoms. The predicted octanol–water partition coefficient (Wildman–Crippen LogP) is 5.68. The molecule has 0 radical (unpaired) electrons. The van der Waals surface area contributed by atoms with Crippen molar-refractivity contribution in [2.75, 3.05) is 0 Å². The summed E-state index contributed by atoms with van der Waals surface area (Å²) in [6, 6.07) is 20.6. The number of nitrogens with two attached hydrogens (primary N) is 1. The summed E-state index contributed by atoms with van der Waals surface area (Å²) in [6.07, 6.45) is 1.45. The average Bonchev–Trinajstić information content (AvgIpc) is 3.32. The van der Waals surface area contributed by atoms with Gasteiger partial charge in [0.2, 0.25) is 20.0 Å². The van der Waals surface area contributed by atoms with E-state index >= 15 is 0 Å². The first kappa shape index (κ1) is 28.0. The number of rotatable bonds is 9. The summed E-state index contributed by atoms with van der Waals surface area (Å²) in [7, 11) is -7.69. The van der Waals surface area contributed by atoms with Gasteiger partial charge in [-0.05, 0) is 73.2 Å². The number of halogens is 2. The van der Waals surface area contributed by atoms with Crippen LogP contribution in [-0.2, 0) is 33.1 Å². The van der Waals surface area contributed by atoms with Crippen LogP contribution in [0.4, 0.5) is 5.69 Å². The first-order valence-corrected chi connectivity index (χ1v) is 14.9. The van der Waals surface area contributed by atoms with Crippen molar-refractivity contribution in [3.63, 3.8) is 0 Å². The Kier molecular flexibility index (Phi) is 8.41. The molecule has 8 nitrogen and oxygen atoms in total. The number of aliphatic imine (C=N–C) groups is 1. The fraction of sp³-hybridized carbons (Fsp3) is 0.115. The molecule has 1 heterocycles. The summed E-state index contributed by atoms with van der Waals surface area (Å²) < 4.78 is 57.1. The topological polar surface area (TPSA) is 123 Å². The third-order valence-corrected chi connectivity index (χ3v) is 9.00. The number of furan rings is 1. The second-order valence-electron chi connectivity index (χ2n) is 8.44. The van der Waals surface area contributed by atoms with Gasteiger partial charge in [-0.15, -0.1) is 0 Å². The molecule has 4 rings (SSSR count). The summed E-state index contributed by atoms with van der Waals surface area (Å²) in [6.45, 7) is 1.87. The second-order valence-corrected chi connectivity index (χ2v) is 12.7. The maximum atomic E-state index is 13.6. The Morgan fingerprint density at radius 2 is 1.50 bits per heavy atom. The first-order chi connectivity index (χ1) is 17.9. The van der Waals surface area contributed by atoms with E-state index in [2.05, 4.69) is 4.99 Å². The van der Waals surface area contributed by atoms with Crippen LogP contribution in [0.25, 0.3) is 0 Å². The highest BCUT2D eigenvalue weighted by atomic mass is 35.5. The zero-order valence-electron chi connectivity index (χ0n) is 20.1. The van der Waals surface area contributed by atoms with Crippen LogP contribution in [0.5, 0.6) is 0 Å². The van der Waals surface area contributed by atoms with Gasteiger partial charge in [-0.3, -0.25) is 4.99 Å². The number of hydrogen-bond donors (Lipinski definition) is 1. The minimum Gasteiger partial charge on any atom is -0.459 e. The largest absolute Gasteiger partial charge is 0.459 e. The highest BCUT2D eigenvalue weighted by molar-refractivity contribution is 7.89. The van der Waals surface area contributed by atoms with Gasteiger partial charge in [-0.1, -0.05) is 47.0 Å². The van der Waals surface area contributed by atoms with Crippen LogP contribution in [0, 0.1) is 6.92 Å². The SMILES string of the molecule is Cc1ccc(S(=O)(=O)N(Cc2ccc(Cl)c(Cl)c2)Cc2ccc(C=Nc3ccc(S(N)(=O)=O)cc3)o2)cc1. The molecule has 0 atom stereocenters. The fourth-order valence-corrected chi connectivity index (χ4v) is 5.74. The molecule has 0 aliphatic carbocycles. The molecule has 2 N–H and O–H groups in total. The standard InChI is InChI=1S/C26H23Cl2N3O5S2/c1-18-2-9-24(10-3-18)38(34,35)31(16-19-4-13-25(27)26(28)14-19)17-22-8-7-21(36-22)15-30-20-5-11-23(12-6-20)37(29,32)33/h2-15H,16-17H2,1H3,(H2,29,32,33). The lowest BCUT2D eigenvalue weighted by molar-refractivity contribution is 0.357. The Balaban J connectivity index is 1.58. The zero-order chi connectivity index (χ0) is 27.5. The third kappa shape index (κ3) is 6.90. The van der Waals surface area contributed by atoms with Crippen LogP contribution in [-0.4, -0.2) is 27.4 Å². The minimum atomic E-state index is -3.90. The average molecular weight is 593 g/mol. The third-order valence-electron chi connectivity index (χ3n) is 5.52. The van der Waals surface area contributed by atoms with Crippen molar-refractivity contribution in [1.82, 2.24) is 4.31 Å². The molecule has 0 aliphatic rings. The summed E-state index contributed by atoms with van der Waals surface area (Å²) in [5.41, 5.74) is 2.08. The lowest BCUT2D eigenvalue weighted by Crippen LogP contribution is -2.30. The Labute approximate surface area is 231 Å². The molecule has 0 bridgehead atoms. The van der Waals surface area contributed by atoms with E-state index in [-0.39, 0.29) is 22.9 Å². The van der Waals surface area contributed by atoms with Gasteiger partial charge in [0.05, 0.1) is 38.3 Å². The molecule has 198 valence electrons. The molecule has 0 unspecified atom stereocenters. The van der Waals surface area contributed by atoms with E-state index in [0.717, 1.165) is 5.56 Å². The molecule has 0 saturated heterocycles. The van der Waals surface area contributed by atoms with Gasteiger partial charge in [0.25, 0.3) is 0 Å². The molecule has 0 amide bonds. The lowest BCUT2D eigenvalue weighted by Gasteiger charge is -2.22. The molecule has 1 aromatic heterocycles. The quantitative estimate of drug-likeness (QED) is 0.251. The molecular formula is C26H23Cl2N3O5S2. The Hall–Kier alpha value is -2.99. The Morgan fingerprint density at radius 3 is 2.13 bits per heavy atom. The van der Waals surface area contributed by atoms with Crippen molar-refractivity contribution in [2.24, 2.45) is 10.1 Å². The van der Waals surface area contributed by atoms with E-state index < -0.39 is 20.0 Å². The monoisotopic (exact) mass is 591 g/mol. The van der Waals surface area contributed by atoms with E-state index in [1.165, 1.54) is 34.8 Å². The smallest absolute Gasteiger partial charge is 0.243 e.